The fourth-order valence-electron chi connectivity index (χ4n) is 1.48. The van der Waals surface area contributed by atoms with Crippen molar-refractivity contribution in [2.75, 3.05) is 6.61 Å². The second-order valence-electron chi connectivity index (χ2n) is 5.58. The molecule has 0 heterocycles. The summed E-state index contributed by atoms with van der Waals surface area (Å²) < 4.78 is 5.59. The lowest BCUT2D eigenvalue weighted by Crippen LogP contribution is -2.55. The van der Waals surface area contributed by atoms with Gasteiger partial charge < -0.3 is 15.2 Å². The summed E-state index contributed by atoms with van der Waals surface area (Å²) in [6, 6.07) is 7.97. The van der Waals surface area contributed by atoms with Crippen molar-refractivity contribution in [1.82, 2.24) is 5.32 Å². The third-order valence-corrected chi connectivity index (χ3v) is 3.52. The molecule has 3 nitrogen and oxygen atoms in total. The summed E-state index contributed by atoms with van der Waals surface area (Å²) in [5.41, 5.74) is -0.0449. The maximum absolute atomic E-state index is 10.1. The summed E-state index contributed by atoms with van der Waals surface area (Å²) in [6.07, 6.45) is 0. The number of rotatable bonds is 6. The van der Waals surface area contributed by atoms with E-state index >= 15 is 0 Å². The molecule has 0 saturated heterocycles. The molecule has 0 atom stereocenters. The van der Waals surface area contributed by atoms with Crippen LogP contribution in [0.3, 0.4) is 0 Å². The average Bonchev–Trinajstić information content (AvgIpc) is 2.27. The van der Waals surface area contributed by atoms with Gasteiger partial charge >= 0.3 is 0 Å². The van der Waals surface area contributed by atoms with Crippen LogP contribution >= 0.6 is 0 Å². The molecular weight excluding hydrogens is 226 g/mol. The smallest absolute Gasteiger partial charge is 0.123 e. The van der Waals surface area contributed by atoms with Crippen molar-refractivity contribution in [3.63, 3.8) is 0 Å². The summed E-state index contributed by atoms with van der Waals surface area (Å²) in [7, 11) is 0. The van der Waals surface area contributed by atoms with Crippen LogP contribution in [0.4, 0.5) is 0 Å². The van der Waals surface area contributed by atoms with Crippen LogP contribution in [0.25, 0.3) is 0 Å². The van der Waals surface area contributed by atoms with Crippen molar-refractivity contribution in [3.8, 4) is 5.75 Å². The third kappa shape index (κ3) is 3.72. The number of benzene rings is 1. The number of para-hydroxylation sites is 1. The van der Waals surface area contributed by atoms with Gasteiger partial charge in [0.2, 0.25) is 0 Å². The first-order valence-electron chi connectivity index (χ1n) is 6.46. The molecule has 0 aliphatic heterocycles. The first-order chi connectivity index (χ1) is 8.28. The third-order valence-electron chi connectivity index (χ3n) is 3.52. The molecule has 2 N–H and O–H groups in total. The number of aliphatic hydroxyl groups is 1. The second kappa shape index (κ2) is 5.72. The highest BCUT2D eigenvalue weighted by Crippen LogP contribution is 2.23. The first kappa shape index (κ1) is 15.0. The monoisotopic (exact) mass is 251 g/mol. The lowest BCUT2D eigenvalue weighted by atomic mass is 9.86. The zero-order valence-corrected chi connectivity index (χ0v) is 12.1. The van der Waals surface area contributed by atoms with E-state index in [9.17, 15) is 5.11 Å². The molecule has 0 unspecified atom stereocenters. The highest BCUT2D eigenvalue weighted by molar-refractivity contribution is 5.33. The Morgan fingerprint density at radius 1 is 1.17 bits per heavy atom. The van der Waals surface area contributed by atoms with Crippen LogP contribution in [0, 0.1) is 0 Å². The number of ether oxygens (including phenoxy) is 1. The number of hydrogen-bond acceptors (Lipinski definition) is 3. The van der Waals surface area contributed by atoms with Gasteiger partial charge in [-0.2, -0.15) is 0 Å². The van der Waals surface area contributed by atoms with Crippen molar-refractivity contribution >= 4 is 0 Å². The minimum atomic E-state index is -0.784. The minimum absolute atomic E-state index is 0.369. The van der Waals surface area contributed by atoms with Gasteiger partial charge in [-0.15, -0.1) is 0 Å². The molecule has 0 fully saturated rings. The molecule has 1 aromatic carbocycles. The lowest BCUT2D eigenvalue weighted by molar-refractivity contribution is -0.00540. The Morgan fingerprint density at radius 3 is 2.33 bits per heavy atom. The fourth-order valence-corrected chi connectivity index (χ4v) is 1.48. The molecule has 0 aliphatic rings. The van der Waals surface area contributed by atoms with E-state index < -0.39 is 5.60 Å². The summed E-state index contributed by atoms with van der Waals surface area (Å²) in [6.45, 7) is 10.9. The summed E-state index contributed by atoms with van der Waals surface area (Å²) in [5.74, 6) is 0.902. The highest BCUT2D eigenvalue weighted by atomic mass is 16.5. The Balaban J connectivity index is 2.75. The summed E-state index contributed by atoms with van der Waals surface area (Å²) in [5, 5.41) is 13.5. The Labute approximate surface area is 110 Å². The molecule has 0 aliphatic carbocycles. The van der Waals surface area contributed by atoms with Gasteiger partial charge in [0.05, 0.1) is 12.2 Å². The van der Waals surface area contributed by atoms with Gasteiger partial charge in [0, 0.05) is 17.6 Å². The Morgan fingerprint density at radius 2 is 1.78 bits per heavy atom. The Kier molecular flexibility index (Phi) is 4.77. The predicted molar refractivity (Wildman–Crippen MR) is 74.8 cm³/mol. The van der Waals surface area contributed by atoms with Crippen LogP contribution in [0.5, 0.6) is 5.75 Å². The SMILES string of the molecule is CCOc1ccccc1CNC(C)(C)C(C)(C)O. The molecule has 1 aromatic rings. The van der Waals surface area contributed by atoms with Gasteiger partial charge in [0.25, 0.3) is 0 Å². The lowest BCUT2D eigenvalue weighted by Gasteiger charge is -2.38. The van der Waals surface area contributed by atoms with Gasteiger partial charge in [-0.1, -0.05) is 18.2 Å². The fraction of sp³-hybridized carbons (Fsp3) is 0.600. The van der Waals surface area contributed by atoms with E-state index in [4.69, 9.17) is 4.74 Å². The molecule has 0 bridgehead atoms. The molecular formula is C15H25NO2. The van der Waals surface area contributed by atoms with E-state index in [0.717, 1.165) is 11.3 Å². The zero-order valence-electron chi connectivity index (χ0n) is 12.1. The molecule has 18 heavy (non-hydrogen) atoms. The van der Waals surface area contributed by atoms with Crippen LogP contribution in [0.2, 0.25) is 0 Å². The van der Waals surface area contributed by atoms with Crippen molar-refractivity contribution in [1.29, 1.82) is 0 Å². The van der Waals surface area contributed by atoms with Crippen LogP contribution in [-0.2, 0) is 6.54 Å². The van der Waals surface area contributed by atoms with Crippen molar-refractivity contribution < 1.29 is 9.84 Å². The normalized spacial score (nSPS) is 12.6. The average molecular weight is 251 g/mol. The quantitative estimate of drug-likeness (QED) is 0.817. The van der Waals surface area contributed by atoms with E-state index in [1.54, 1.807) is 0 Å². The Bertz CT molecular complexity index is 380. The maximum atomic E-state index is 10.1. The molecule has 3 heteroatoms. The molecule has 0 spiro atoms. The first-order valence-corrected chi connectivity index (χ1v) is 6.46. The van der Waals surface area contributed by atoms with Crippen LogP contribution in [-0.4, -0.2) is 22.9 Å². The molecule has 0 amide bonds. The van der Waals surface area contributed by atoms with Crippen LogP contribution < -0.4 is 10.1 Å². The van der Waals surface area contributed by atoms with E-state index in [1.165, 1.54) is 0 Å². The standard InChI is InChI=1S/C15H25NO2/c1-6-18-13-10-8-7-9-12(13)11-16-14(2,3)15(4,5)17/h7-10,16-17H,6,11H2,1-5H3. The van der Waals surface area contributed by atoms with E-state index in [-0.39, 0.29) is 5.54 Å². The predicted octanol–water partition coefficient (Wildman–Crippen LogP) is 2.72. The molecule has 0 saturated carbocycles. The van der Waals surface area contributed by atoms with Crippen LogP contribution in [0.15, 0.2) is 24.3 Å². The molecule has 0 radical (unpaired) electrons. The van der Waals surface area contributed by atoms with Crippen LogP contribution in [0.1, 0.15) is 40.2 Å². The molecule has 1 rings (SSSR count). The van der Waals surface area contributed by atoms with Gasteiger partial charge in [-0.25, -0.2) is 0 Å². The largest absolute Gasteiger partial charge is 0.494 e. The second-order valence-corrected chi connectivity index (χ2v) is 5.58. The van der Waals surface area contributed by atoms with Crippen molar-refractivity contribution in [2.24, 2.45) is 0 Å². The zero-order chi connectivity index (χ0) is 13.8. The topological polar surface area (TPSA) is 41.5 Å². The number of hydrogen-bond donors (Lipinski definition) is 2. The highest BCUT2D eigenvalue weighted by Gasteiger charge is 2.34. The minimum Gasteiger partial charge on any atom is -0.494 e. The van der Waals surface area contributed by atoms with Gasteiger partial charge in [-0.3, -0.25) is 0 Å². The molecule has 102 valence electrons. The summed E-state index contributed by atoms with van der Waals surface area (Å²) in [4.78, 5) is 0. The van der Waals surface area contributed by atoms with Gasteiger partial charge in [-0.05, 0) is 40.7 Å². The summed E-state index contributed by atoms with van der Waals surface area (Å²) >= 11 is 0. The van der Waals surface area contributed by atoms with E-state index in [0.29, 0.717) is 13.2 Å². The van der Waals surface area contributed by atoms with Gasteiger partial charge in [0.15, 0.2) is 0 Å². The van der Waals surface area contributed by atoms with Crippen molar-refractivity contribution in [3.05, 3.63) is 29.8 Å². The van der Waals surface area contributed by atoms with Gasteiger partial charge in [0.1, 0.15) is 5.75 Å². The number of nitrogens with one attached hydrogen (secondary N) is 1. The van der Waals surface area contributed by atoms with E-state index in [2.05, 4.69) is 5.32 Å². The Hall–Kier alpha value is -1.06. The van der Waals surface area contributed by atoms with E-state index in [1.807, 2.05) is 58.9 Å². The van der Waals surface area contributed by atoms with Crippen molar-refractivity contribution in [2.45, 2.75) is 52.3 Å². The maximum Gasteiger partial charge on any atom is 0.123 e. The molecule has 0 aromatic heterocycles.